The molecule has 0 fully saturated rings. The zero-order chi connectivity index (χ0) is 13.9. The highest BCUT2D eigenvalue weighted by Gasteiger charge is 2.07. The molecule has 1 aromatic rings. The molecular formula is C14H21NO4. The highest BCUT2D eigenvalue weighted by molar-refractivity contribution is 5.89. The molecule has 0 aromatic heterocycles. The van der Waals surface area contributed by atoms with Crippen LogP contribution in [-0.4, -0.2) is 44.6 Å². The third-order valence-electron chi connectivity index (χ3n) is 2.64. The van der Waals surface area contributed by atoms with Gasteiger partial charge >= 0.3 is 5.97 Å². The van der Waals surface area contributed by atoms with E-state index in [0.717, 1.165) is 18.5 Å². The van der Waals surface area contributed by atoms with Crippen LogP contribution in [0.25, 0.3) is 0 Å². The Morgan fingerprint density at radius 3 is 2.79 bits per heavy atom. The minimum atomic E-state index is -0.889. The summed E-state index contributed by atoms with van der Waals surface area (Å²) in [6.07, 6.45) is 0.888. The molecule has 0 aliphatic carbocycles. The Morgan fingerprint density at radius 1 is 1.26 bits per heavy atom. The van der Waals surface area contributed by atoms with Crippen LogP contribution < -0.4 is 5.32 Å². The van der Waals surface area contributed by atoms with Gasteiger partial charge in [0.25, 0.3) is 0 Å². The molecule has 19 heavy (non-hydrogen) atoms. The average Bonchev–Trinajstić information content (AvgIpc) is 2.42. The lowest BCUT2D eigenvalue weighted by Crippen LogP contribution is -2.18. The summed E-state index contributed by atoms with van der Waals surface area (Å²) in [6.45, 7) is 3.25. The summed E-state index contributed by atoms with van der Waals surface area (Å²) >= 11 is 0. The van der Waals surface area contributed by atoms with Crippen molar-refractivity contribution in [2.45, 2.75) is 13.0 Å². The number of nitrogens with one attached hydrogen (secondary N) is 1. The molecule has 5 nitrogen and oxygen atoms in total. The van der Waals surface area contributed by atoms with Crippen LogP contribution in [0, 0.1) is 0 Å². The minimum absolute atomic E-state index is 0.353. The second-order valence-electron chi connectivity index (χ2n) is 4.10. The van der Waals surface area contributed by atoms with E-state index in [4.69, 9.17) is 14.6 Å². The first kappa shape index (κ1) is 15.6. The topological polar surface area (TPSA) is 67.8 Å². The molecular weight excluding hydrogens is 246 g/mol. The maximum Gasteiger partial charge on any atom is 0.336 e. The zero-order valence-corrected chi connectivity index (χ0v) is 11.2. The van der Waals surface area contributed by atoms with Crippen LogP contribution in [0.1, 0.15) is 22.3 Å². The van der Waals surface area contributed by atoms with E-state index in [0.29, 0.717) is 31.9 Å². The molecule has 0 radical (unpaired) electrons. The van der Waals surface area contributed by atoms with Crippen molar-refractivity contribution in [2.75, 3.05) is 33.5 Å². The van der Waals surface area contributed by atoms with Crippen LogP contribution in [0.5, 0.6) is 0 Å². The van der Waals surface area contributed by atoms with Gasteiger partial charge in [-0.05, 0) is 24.6 Å². The second-order valence-corrected chi connectivity index (χ2v) is 4.10. The number of hydrogen-bond donors (Lipinski definition) is 2. The number of aromatic carboxylic acids is 1. The molecule has 106 valence electrons. The van der Waals surface area contributed by atoms with Gasteiger partial charge in [0.15, 0.2) is 0 Å². The highest BCUT2D eigenvalue weighted by Crippen LogP contribution is 2.08. The van der Waals surface area contributed by atoms with Crippen LogP contribution in [0.15, 0.2) is 24.3 Å². The normalized spacial score (nSPS) is 10.6. The van der Waals surface area contributed by atoms with Gasteiger partial charge in [0.1, 0.15) is 0 Å². The van der Waals surface area contributed by atoms with Crippen LogP contribution >= 0.6 is 0 Å². The molecule has 0 saturated heterocycles. The van der Waals surface area contributed by atoms with Gasteiger partial charge in [0, 0.05) is 20.3 Å². The Bertz CT molecular complexity index is 381. The second kappa shape index (κ2) is 9.49. The van der Waals surface area contributed by atoms with E-state index in [-0.39, 0.29) is 0 Å². The van der Waals surface area contributed by atoms with Gasteiger partial charge in [-0.2, -0.15) is 0 Å². The average molecular weight is 267 g/mol. The van der Waals surface area contributed by atoms with Gasteiger partial charge in [-0.3, -0.25) is 0 Å². The largest absolute Gasteiger partial charge is 0.478 e. The van der Waals surface area contributed by atoms with Crippen molar-refractivity contribution < 1.29 is 19.4 Å². The first-order valence-electron chi connectivity index (χ1n) is 6.34. The van der Waals surface area contributed by atoms with E-state index in [1.54, 1.807) is 19.2 Å². The number of benzene rings is 1. The van der Waals surface area contributed by atoms with Crippen LogP contribution in [0.4, 0.5) is 0 Å². The highest BCUT2D eigenvalue weighted by atomic mass is 16.5. The lowest BCUT2D eigenvalue weighted by molar-refractivity contribution is 0.0690. The molecule has 1 aromatic carbocycles. The molecule has 0 heterocycles. The van der Waals surface area contributed by atoms with Crippen molar-refractivity contribution >= 4 is 5.97 Å². The summed E-state index contributed by atoms with van der Waals surface area (Å²) in [4.78, 5) is 11.0. The monoisotopic (exact) mass is 267 g/mol. The number of rotatable bonds is 10. The van der Waals surface area contributed by atoms with E-state index >= 15 is 0 Å². The summed E-state index contributed by atoms with van der Waals surface area (Å²) in [5.74, 6) is -0.889. The predicted octanol–water partition coefficient (Wildman–Crippen LogP) is 1.53. The molecule has 0 saturated carbocycles. The summed E-state index contributed by atoms with van der Waals surface area (Å²) in [7, 11) is 1.64. The molecule has 0 atom stereocenters. The fraction of sp³-hybridized carbons (Fsp3) is 0.500. The summed E-state index contributed by atoms with van der Waals surface area (Å²) < 4.78 is 10.2. The summed E-state index contributed by atoms with van der Waals surface area (Å²) in [6, 6.07) is 7.02. The van der Waals surface area contributed by atoms with E-state index < -0.39 is 5.97 Å². The number of carboxylic acid groups (broad SMARTS) is 1. The molecule has 0 aliphatic heterocycles. The molecule has 0 aliphatic rings. The van der Waals surface area contributed by atoms with Gasteiger partial charge < -0.3 is 19.9 Å². The number of hydrogen-bond acceptors (Lipinski definition) is 4. The lowest BCUT2D eigenvalue weighted by atomic mass is 10.1. The van der Waals surface area contributed by atoms with Gasteiger partial charge in [-0.25, -0.2) is 4.79 Å². The fourth-order valence-corrected chi connectivity index (χ4v) is 1.65. The van der Waals surface area contributed by atoms with E-state index in [1.807, 2.05) is 12.1 Å². The molecule has 0 bridgehead atoms. The molecule has 2 N–H and O–H groups in total. The summed E-state index contributed by atoms with van der Waals surface area (Å²) in [5, 5.41) is 12.2. The number of carbonyl (C=O) groups is 1. The van der Waals surface area contributed by atoms with Crippen molar-refractivity contribution in [1.82, 2.24) is 5.32 Å². The Kier molecular flexibility index (Phi) is 7.81. The SMILES string of the molecule is COCCOCCCNCc1ccccc1C(=O)O. The smallest absolute Gasteiger partial charge is 0.336 e. The standard InChI is InChI=1S/C14H21NO4/c1-18-9-10-19-8-4-7-15-11-12-5-2-3-6-13(12)14(16)17/h2-3,5-6,15H,4,7-11H2,1H3,(H,16,17). The van der Waals surface area contributed by atoms with Crippen LogP contribution in [0.2, 0.25) is 0 Å². The third kappa shape index (κ3) is 6.33. The molecule has 1 rings (SSSR count). The maximum absolute atomic E-state index is 11.0. The molecule has 5 heteroatoms. The maximum atomic E-state index is 11.0. The van der Waals surface area contributed by atoms with Crippen LogP contribution in [-0.2, 0) is 16.0 Å². The molecule has 0 unspecified atom stereocenters. The summed E-state index contributed by atoms with van der Waals surface area (Å²) in [5.41, 5.74) is 1.15. The van der Waals surface area contributed by atoms with Gasteiger partial charge in [-0.15, -0.1) is 0 Å². The Balaban J connectivity index is 2.17. The number of methoxy groups -OCH3 is 1. The quantitative estimate of drug-likeness (QED) is 0.629. The number of ether oxygens (including phenoxy) is 2. The van der Waals surface area contributed by atoms with Crippen LogP contribution in [0.3, 0.4) is 0 Å². The Hall–Kier alpha value is -1.43. The molecule has 0 amide bonds. The van der Waals surface area contributed by atoms with E-state index in [9.17, 15) is 4.79 Å². The first-order chi connectivity index (χ1) is 9.25. The lowest BCUT2D eigenvalue weighted by Gasteiger charge is -2.08. The van der Waals surface area contributed by atoms with Crippen molar-refractivity contribution in [3.8, 4) is 0 Å². The van der Waals surface area contributed by atoms with Crippen molar-refractivity contribution in [3.05, 3.63) is 35.4 Å². The van der Waals surface area contributed by atoms with Gasteiger partial charge in [0.2, 0.25) is 0 Å². The first-order valence-corrected chi connectivity index (χ1v) is 6.34. The zero-order valence-electron chi connectivity index (χ0n) is 11.2. The Labute approximate surface area is 113 Å². The number of carboxylic acids is 1. The third-order valence-corrected chi connectivity index (χ3v) is 2.64. The van der Waals surface area contributed by atoms with Crippen molar-refractivity contribution in [3.63, 3.8) is 0 Å². The van der Waals surface area contributed by atoms with Gasteiger partial charge in [-0.1, -0.05) is 18.2 Å². The molecule has 0 spiro atoms. The Morgan fingerprint density at radius 2 is 2.05 bits per heavy atom. The predicted molar refractivity (Wildman–Crippen MR) is 72.4 cm³/mol. The fourth-order valence-electron chi connectivity index (χ4n) is 1.65. The minimum Gasteiger partial charge on any atom is -0.478 e. The van der Waals surface area contributed by atoms with Gasteiger partial charge in [0.05, 0.1) is 18.8 Å². The van der Waals surface area contributed by atoms with E-state index in [1.165, 1.54) is 0 Å². The van der Waals surface area contributed by atoms with E-state index in [2.05, 4.69) is 5.32 Å². The van der Waals surface area contributed by atoms with Crippen molar-refractivity contribution in [2.24, 2.45) is 0 Å². The van der Waals surface area contributed by atoms with Crippen molar-refractivity contribution in [1.29, 1.82) is 0 Å².